The Morgan fingerprint density at radius 3 is 1.24 bits per heavy atom. The Labute approximate surface area is 259 Å². The van der Waals surface area contributed by atoms with Crippen LogP contribution in [0.4, 0.5) is 0 Å². The Morgan fingerprint density at radius 2 is 0.956 bits per heavy atom. The fourth-order valence-corrected chi connectivity index (χ4v) is 2.01. The lowest BCUT2D eigenvalue weighted by atomic mass is 10.1. The fourth-order valence-electron chi connectivity index (χ4n) is 2.01. The van der Waals surface area contributed by atoms with Gasteiger partial charge in [-0.25, -0.2) is 0 Å². The predicted octanol–water partition coefficient (Wildman–Crippen LogP) is -2.03. The van der Waals surface area contributed by atoms with Crippen molar-refractivity contribution in [3.8, 4) is 5.75 Å². The maximum atomic E-state index is 10.4. The zero-order chi connectivity index (χ0) is 36.3. The average molecular weight is 653 g/mol. The summed E-state index contributed by atoms with van der Waals surface area (Å²) in [7, 11) is 0. The molecule has 0 aliphatic rings. The number of hydrogen-bond acceptors (Lipinski definition) is 13. The van der Waals surface area contributed by atoms with Gasteiger partial charge in [0.15, 0.2) is 0 Å². The molecule has 0 aliphatic carbocycles. The van der Waals surface area contributed by atoms with E-state index in [2.05, 4.69) is 0 Å². The van der Waals surface area contributed by atoms with Gasteiger partial charge in [-0.15, -0.1) is 0 Å². The van der Waals surface area contributed by atoms with Gasteiger partial charge in [0.2, 0.25) is 0 Å². The van der Waals surface area contributed by atoms with Crippen LogP contribution in [-0.4, -0.2) is 108 Å². The van der Waals surface area contributed by atoms with Gasteiger partial charge in [0.25, 0.3) is 0 Å². The van der Waals surface area contributed by atoms with Crippen molar-refractivity contribution in [1.29, 1.82) is 0 Å². The van der Waals surface area contributed by atoms with Crippen molar-refractivity contribution in [2.24, 2.45) is 34.4 Å². The summed E-state index contributed by atoms with van der Waals surface area (Å²) in [6, 6.07) is 2.19. The smallest absolute Gasteiger partial charge is 0.320 e. The van der Waals surface area contributed by atoms with Crippen LogP contribution in [0.3, 0.4) is 0 Å². The summed E-state index contributed by atoms with van der Waals surface area (Å²) in [5.74, 6) is -5.92. The zero-order valence-electron chi connectivity index (χ0n) is 25.2. The molecule has 0 bridgehead atoms. The van der Waals surface area contributed by atoms with Crippen LogP contribution in [0.2, 0.25) is 0 Å². The quantitative estimate of drug-likeness (QED) is 0.0963. The molecule has 0 saturated carbocycles. The van der Waals surface area contributed by atoms with Gasteiger partial charge >= 0.3 is 35.8 Å². The molecule has 1 aromatic carbocycles. The van der Waals surface area contributed by atoms with Gasteiger partial charge in [0.05, 0.1) is 0 Å². The molecule has 0 aromatic heterocycles. The van der Waals surface area contributed by atoms with Crippen LogP contribution in [0.5, 0.6) is 5.75 Å². The molecule has 0 radical (unpaired) electrons. The number of benzene rings is 1. The van der Waals surface area contributed by atoms with E-state index in [0.717, 1.165) is 18.4 Å². The Morgan fingerprint density at radius 1 is 0.600 bits per heavy atom. The number of rotatable bonds is 14. The number of aliphatic carboxylic acids is 6. The number of carboxylic acids is 6. The molecule has 0 spiro atoms. The van der Waals surface area contributed by atoms with Crippen molar-refractivity contribution in [2.75, 3.05) is 6.54 Å². The number of unbranched alkanes of at least 4 members (excludes halogenated alkanes) is 1. The molecular formula is C26H48N6O13. The average Bonchev–Trinajstić information content (AvgIpc) is 2.94. The highest BCUT2D eigenvalue weighted by atomic mass is 16.4. The van der Waals surface area contributed by atoms with E-state index in [-0.39, 0.29) is 25.0 Å². The lowest BCUT2D eigenvalue weighted by molar-refractivity contribution is -0.141. The van der Waals surface area contributed by atoms with Gasteiger partial charge in [0, 0.05) is 6.42 Å². The van der Waals surface area contributed by atoms with Gasteiger partial charge in [-0.2, -0.15) is 0 Å². The fraction of sp³-hybridized carbons (Fsp3) is 0.538. The van der Waals surface area contributed by atoms with E-state index in [1.165, 1.54) is 26.0 Å². The molecule has 0 heterocycles. The first-order chi connectivity index (χ1) is 20.6. The Kier molecular flexibility index (Phi) is 30.0. The number of hydrogen-bond donors (Lipinski definition) is 13. The number of carboxylic acid groups (broad SMARTS) is 6. The molecule has 19 N–H and O–H groups in total. The highest BCUT2D eigenvalue weighted by molar-refractivity contribution is 5.75. The first kappa shape index (κ1) is 47.5. The van der Waals surface area contributed by atoms with Crippen molar-refractivity contribution in [3.63, 3.8) is 0 Å². The SMILES string of the molecule is C[C@H](N)C(=O)O.C[C@H](N)C(=O)O.NCCCC[C@H](N)C(=O)O.N[C@@H](CCC(=O)O)C(=O)O.N[C@@H](Cc1ccc(O)cc1)C(=O)O. The maximum absolute atomic E-state index is 10.4. The molecular weight excluding hydrogens is 604 g/mol. The second kappa shape index (κ2) is 28.4. The molecule has 0 saturated heterocycles. The van der Waals surface area contributed by atoms with Crippen molar-refractivity contribution >= 4 is 35.8 Å². The Hall–Kier alpha value is -4.40. The molecule has 1 aromatic rings. The normalized spacial score (nSPS) is 12.9. The molecule has 1 rings (SSSR count). The molecule has 0 unspecified atom stereocenters. The standard InChI is InChI=1S/C9H11NO3.C6H14N2O2.C5H9NO4.2C3H7NO2/c10-8(9(12)13)5-6-1-3-7(11)4-2-6;7-4-2-1-3-5(8)6(9)10;6-3(5(9)10)1-2-4(7)8;2*1-2(4)3(5)6/h1-4,8,11H,5,10H2,(H,12,13);5H,1-4,7-8H2,(H,9,10);3H,1-2,6H2,(H,7,8)(H,9,10);2*2H,4H2,1H3,(H,5,6)/t8-;5-;3-;2*2-/m00000/s1. The minimum Gasteiger partial charge on any atom is -0.508 e. The lowest BCUT2D eigenvalue weighted by Gasteiger charge is -2.05. The summed E-state index contributed by atoms with van der Waals surface area (Å²) in [6.07, 6.45) is 2.21. The van der Waals surface area contributed by atoms with Crippen LogP contribution in [-0.2, 0) is 35.2 Å². The molecule has 45 heavy (non-hydrogen) atoms. The van der Waals surface area contributed by atoms with Crippen molar-refractivity contribution in [3.05, 3.63) is 29.8 Å². The Bertz CT molecular complexity index is 990. The summed E-state index contributed by atoms with van der Waals surface area (Å²) < 4.78 is 0. The van der Waals surface area contributed by atoms with Crippen LogP contribution < -0.4 is 34.4 Å². The number of phenolic OH excluding ortho intramolecular Hbond substituents is 1. The van der Waals surface area contributed by atoms with Crippen LogP contribution in [0.25, 0.3) is 0 Å². The molecule has 5 atom stereocenters. The molecule has 0 amide bonds. The largest absolute Gasteiger partial charge is 0.508 e. The molecule has 0 fully saturated rings. The predicted molar refractivity (Wildman–Crippen MR) is 161 cm³/mol. The third kappa shape index (κ3) is 35.7. The van der Waals surface area contributed by atoms with E-state index in [1.807, 2.05) is 0 Å². The van der Waals surface area contributed by atoms with E-state index in [9.17, 15) is 28.8 Å². The van der Waals surface area contributed by atoms with Crippen molar-refractivity contribution < 1.29 is 64.5 Å². The van der Waals surface area contributed by atoms with Crippen LogP contribution in [0.15, 0.2) is 24.3 Å². The lowest BCUT2D eigenvalue weighted by Crippen LogP contribution is -2.32. The second-order valence-electron chi connectivity index (χ2n) is 9.18. The van der Waals surface area contributed by atoms with E-state index < -0.39 is 66.0 Å². The minimum atomic E-state index is -1.17. The van der Waals surface area contributed by atoms with Gasteiger partial charge in [-0.1, -0.05) is 18.6 Å². The van der Waals surface area contributed by atoms with Crippen LogP contribution in [0, 0.1) is 0 Å². The van der Waals surface area contributed by atoms with E-state index in [0.29, 0.717) is 13.0 Å². The molecule has 260 valence electrons. The third-order valence-corrected chi connectivity index (χ3v) is 4.76. The summed E-state index contributed by atoms with van der Waals surface area (Å²) in [4.78, 5) is 59.6. The minimum absolute atomic E-state index is 0.0231. The zero-order valence-corrected chi connectivity index (χ0v) is 25.2. The first-order valence-electron chi connectivity index (χ1n) is 13.2. The summed E-state index contributed by atoms with van der Waals surface area (Å²) in [5.41, 5.74) is 31.2. The van der Waals surface area contributed by atoms with Crippen molar-refractivity contribution in [1.82, 2.24) is 0 Å². The highest BCUT2D eigenvalue weighted by Gasteiger charge is 2.13. The monoisotopic (exact) mass is 652 g/mol. The topological polar surface area (TPSA) is 400 Å². The van der Waals surface area contributed by atoms with E-state index in [1.54, 1.807) is 12.1 Å². The summed E-state index contributed by atoms with van der Waals surface area (Å²) in [6.45, 7) is 3.44. The number of carbonyl (C=O) groups is 6. The van der Waals surface area contributed by atoms with E-state index in [4.69, 9.17) is 70.1 Å². The first-order valence-corrected chi connectivity index (χ1v) is 13.2. The van der Waals surface area contributed by atoms with E-state index >= 15 is 0 Å². The number of aromatic hydroxyl groups is 1. The van der Waals surface area contributed by atoms with Gasteiger partial charge in [-0.05, 0) is 63.8 Å². The highest BCUT2D eigenvalue weighted by Crippen LogP contribution is 2.10. The second-order valence-corrected chi connectivity index (χ2v) is 9.18. The molecule has 19 nitrogen and oxygen atoms in total. The van der Waals surface area contributed by atoms with Gasteiger partial charge in [0.1, 0.15) is 36.0 Å². The molecule has 19 heteroatoms. The number of phenols is 1. The van der Waals surface area contributed by atoms with Crippen molar-refractivity contribution in [2.45, 2.75) is 82.6 Å². The summed E-state index contributed by atoms with van der Waals surface area (Å²) in [5, 5.41) is 57.8. The number of nitrogens with two attached hydrogens (primary N) is 6. The maximum Gasteiger partial charge on any atom is 0.320 e. The van der Waals surface area contributed by atoms with Crippen LogP contribution in [0.1, 0.15) is 51.5 Å². The van der Waals surface area contributed by atoms with Gasteiger partial charge in [-0.3, -0.25) is 28.8 Å². The Balaban J connectivity index is -0.000000241. The molecule has 0 aliphatic heterocycles. The van der Waals surface area contributed by atoms with Gasteiger partial charge < -0.3 is 70.1 Å². The summed E-state index contributed by atoms with van der Waals surface area (Å²) >= 11 is 0. The third-order valence-electron chi connectivity index (χ3n) is 4.76. The van der Waals surface area contributed by atoms with Crippen LogP contribution >= 0.6 is 0 Å².